The number of sulfonamides is 1. The first-order valence-corrected chi connectivity index (χ1v) is 8.57. The number of anilines is 1. The van der Waals surface area contributed by atoms with Crippen molar-refractivity contribution in [3.63, 3.8) is 0 Å². The topological polar surface area (TPSA) is 63.4 Å². The molecule has 0 fully saturated rings. The third-order valence-corrected chi connectivity index (χ3v) is 5.09. The molecule has 0 saturated carbocycles. The quantitative estimate of drug-likeness (QED) is 0.821. The van der Waals surface area contributed by atoms with Gasteiger partial charge in [-0.25, -0.2) is 8.42 Å². The Hall–Kier alpha value is -1.07. The number of nitrogen functional groups attached to an aromatic ring is 1. The maximum absolute atomic E-state index is 12.4. The Morgan fingerprint density at radius 3 is 2.15 bits per heavy atom. The number of nitrogens with two attached hydrogens (primary N) is 1. The van der Waals surface area contributed by atoms with Crippen molar-refractivity contribution in [3.05, 3.63) is 29.8 Å². The zero-order valence-electron chi connectivity index (χ0n) is 12.9. The molecule has 20 heavy (non-hydrogen) atoms. The van der Waals surface area contributed by atoms with E-state index in [-0.39, 0.29) is 11.2 Å². The summed E-state index contributed by atoms with van der Waals surface area (Å²) in [5.74, 6) is 0.194. The second-order valence-electron chi connectivity index (χ2n) is 6.29. The maximum atomic E-state index is 12.4. The van der Waals surface area contributed by atoms with Gasteiger partial charge in [0.05, 0.1) is 5.75 Å². The van der Waals surface area contributed by atoms with Gasteiger partial charge in [-0.05, 0) is 29.5 Å². The van der Waals surface area contributed by atoms with Crippen LogP contribution in [0, 0.1) is 5.41 Å². The second kappa shape index (κ2) is 6.59. The van der Waals surface area contributed by atoms with Crippen molar-refractivity contribution in [1.82, 2.24) is 4.31 Å². The van der Waals surface area contributed by atoms with Crippen LogP contribution in [0.1, 0.15) is 39.7 Å². The summed E-state index contributed by atoms with van der Waals surface area (Å²) in [5, 5.41) is 0. The molecular formula is C15H26N2O2S. The van der Waals surface area contributed by atoms with Crippen LogP contribution in [-0.2, 0) is 16.6 Å². The van der Waals surface area contributed by atoms with Gasteiger partial charge >= 0.3 is 0 Å². The van der Waals surface area contributed by atoms with Crippen molar-refractivity contribution >= 4 is 15.7 Å². The van der Waals surface area contributed by atoms with E-state index < -0.39 is 10.0 Å². The van der Waals surface area contributed by atoms with Crippen LogP contribution >= 0.6 is 0 Å². The van der Waals surface area contributed by atoms with Crippen molar-refractivity contribution in [3.8, 4) is 0 Å². The van der Waals surface area contributed by atoms with Crippen LogP contribution in [0.4, 0.5) is 5.69 Å². The highest BCUT2D eigenvalue weighted by Gasteiger charge is 2.23. The van der Waals surface area contributed by atoms with Crippen LogP contribution in [0.3, 0.4) is 0 Å². The molecule has 0 aliphatic rings. The Morgan fingerprint density at radius 2 is 1.70 bits per heavy atom. The predicted octanol–water partition coefficient (Wildman–Crippen LogP) is 2.86. The summed E-state index contributed by atoms with van der Waals surface area (Å²) in [7, 11) is -3.21. The fourth-order valence-electron chi connectivity index (χ4n) is 1.80. The van der Waals surface area contributed by atoms with E-state index in [0.717, 1.165) is 5.56 Å². The highest BCUT2D eigenvalue weighted by molar-refractivity contribution is 7.89. The van der Waals surface area contributed by atoms with Crippen LogP contribution in [0.5, 0.6) is 0 Å². The molecule has 1 aromatic rings. The predicted molar refractivity (Wildman–Crippen MR) is 84.8 cm³/mol. The molecule has 0 unspecified atom stereocenters. The molecule has 0 radical (unpaired) electrons. The van der Waals surface area contributed by atoms with Crippen LogP contribution in [0.25, 0.3) is 0 Å². The lowest BCUT2D eigenvalue weighted by Gasteiger charge is -2.24. The molecule has 114 valence electrons. The van der Waals surface area contributed by atoms with Gasteiger partial charge in [0.25, 0.3) is 0 Å². The van der Waals surface area contributed by atoms with Gasteiger partial charge in [-0.1, -0.05) is 39.8 Å². The molecule has 0 amide bonds. The fourth-order valence-corrected chi connectivity index (χ4v) is 3.67. The fraction of sp³-hybridized carbons (Fsp3) is 0.600. The summed E-state index contributed by atoms with van der Waals surface area (Å²) in [6.45, 7) is 8.92. The summed E-state index contributed by atoms with van der Waals surface area (Å²) in [6, 6.07) is 7.34. The monoisotopic (exact) mass is 298 g/mol. The molecule has 0 saturated heterocycles. The van der Waals surface area contributed by atoms with Gasteiger partial charge in [-0.15, -0.1) is 0 Å². The highest BCUT2D eigenvalue weighted by Crippen LogP contribution is 2.21. The largest absolute Gasteiger partial charge is 0.399 e. The van der Waals surface area contributed by atoms with E-state index in [9.17, 15) is 8.42 Å². The number of rotatable bonds is 6. The molecule has 0 bridgehead atoms. The van der Waals surface area contributed by atoms with Crippen molar-refractivity contribution in [2.75, 3.05) is 18.0 Å². The van der Waals surface area contributed by atoms with E-state index in [4.69, 9.17) is 5.73 Å². The first kappa shape index (κ1) is 17.0. The minimum Gasteiger partial charge on any atom is -0.399 e. The lowest BCUT2D eigenvalue weighted by molar-refractivity contribution is 0.380. The standard InChI is InChI=1S/C15H26N2O2S/c1-5-17(12-13-6-8-14(16)9-7-13)20(18,19)11-10-15(2,3)4/h6-9H,5,10-12,16H2,1-4H3. The van der Waals surface area contributed by atoms with Crippen molar-refractivity contribution < 1.29 is 8.42 Å². The van der Waals surface area contributed by atoms with Gasteiger partial charge < -0.3 is 5.73 Å². The highest BCUT2D eigenvalue weighted by atomic mass is 32.2. The summed E-state index contributed by atoms with van der Waals surface area (Å²) in [5.41, 5.74) is 7.31. The average molecular weight is 298 g/mol. The van der Waals surface area contributed by atoms with E-state index in [1.807, 2.05) is 19.1 Å². The first-order chi connectivity index (χ1) is 9.14. The molecule has 2 N–H and O–H groups in total. The van der Waals surface area contributed by atoms with Crippen molar-refractivity contribution in [2.45, 2.75) is 40.7 Å². The molecule has 0 heterocycles. The number of hydrogen-bond donors (Lipinski definition) is 1. The number of hydrogen-bond acceptors (Lipinski definition) is 3. The normalized spacial score (nSPS) is 12.8. The molecule has 1 aromatic carbocycles. The third-order valence-electron chi connectivity index (χ3n) is 3.19. The smallest absolute Gasteiger partial charge is 0.214 e. The van der Waals surface area contributed by atoms with E-state index in [2.05, 4.69) is 20.8 Å². The Morgan fingerprint density at radius 1 is 1.15 bits per heavy atom. The summed E-state index contributed by atoms with van der Waals surface area (Å²) in [4.78, 5) is 0. The molecule has 0 aliphatic heterocycles. The third kappa shape index (κ3) is 5.51. The molecule has 0 aliphatic carbocycles. The Balaban J connectivity index is 2.76. The van der Waals surface area contributed by atoms with E-state index in [1.165, 1.54) is 4.31 Å². The van der Waals surface area contributed by atoms with E-state index in [1.54, 1.807) is 12.1 Å². The van der Waals surface area contributed by atoms with Crippen LogP contribution in [0.2, 0.25) is 0 Å². The minimum absolute atomic E-state index is 0.0215. The average Bonchev–Trinajstić information content (AvgIpc) is 2.35. The summed E-state index contributed by atoms with van der Waals surface area (Å²) in [6.07, 6.45) is 0.660. The van der Waals surface area contributed by atoms with Gasteiger partial charge in [-0.2, -0.15) is 4.31 Å². The van der Waals surface area contributed by atoms with Gasteiger partial charge in [0.1, 0.15) is 0 Å². The van der Waals surface area contributed by atoms with E-state index >= 15 is 0 Å². The van der Waals surface area contributed by atoms with Gasteiger partial charge in [-0.3, -0.25) is 0 Å². The summed E-state index contributed by atoms with van der Waals surface area (Å²) >= 11 is 0. The lowest BCUT2D eigenvalue weighted by atomic mass is 9.94. The minimum atomic E-state index is -3.21. The SMILES string of the molecule is CCN(Cc1ccc(N)cc1)S(=O)(=O)CCC(C)(C)C. The Labute approximate surface area is 123 Å². The molecule has 0 spiro atoms. The molecule has 0 aromatic heterocycles. The molecule has 5 heteroatoms. The maximum Gasteiger partial charge on any atom is 0.214 e. The Bertz CT molecular complexity index is 516. The molecular weight excluding hydrogens is 272 g/mol. The summed E-state index contributed by atoms with van der Waals surface area (Å²) < 4.78 is 26.3. The molecule has 1 rings (SSSR count). The Kier molecular flexibility index (Phi) is 5.59. The number of nitrogens with zero attached hydrogens (tertiary/aromatic N) is 1. The van der Waals surface area contributed by atoms with Crippen LogP contribution in [-0.4, -0.2) is 25.0 Å². The van der Waals surface area contributed by atoms with Crippen molar-refractivity contribution in [1.29, 1.82) is 0 Å². The number of benzene rings is 1. The zero-order valence-corrected chi connectivity index (χ0v) is 13.7. The second-order valence-corrected chi connectivity index (χ2v) is 8.38. The first-order valence-electron chi connectivity index (χ1n) is 6.96. The van der Waals surface area contributed by atoms with Crippen molar-refractivity contribution in [2.24, 2.45) is 5.41 Å². The van der Waals surface area contributed by atoms with Gasteiger partial charge in [0.15, 0.2) is 0 Å². The van der Waals surface area contributed by atoms with Gasteiger partial charge in [0, 0.05) is 18.8 Å². The lowest BCUT2D eigenvalue weighted by Crippen LogP contribution is -2.33. The van der Waals surface area contributed by atoms with Crippen LogP contribution in [0.15, 0.2) is 24.3 Å². The van der Waals surface area contributed by atoms with Crippen LogP contribution < -0.4 is 5.73 Å². The molecule has 4 nitrogen and oxygen atoms in total. The molecule has 0 atom stereocenters. The van der Waals surface area contributed by atoms with Gasteiger partial charge in [0.2, 0.25) is 10.0 Å². The van der Waals surface area contributed by atoms with E-state index in [0.29, 0.717) is 25.2 Å². The zero-order chi connectivity index (χ0) is 15.4.